The largest absolute Gasteiger partial charge is 0.383 e. The SMILES string of the molecule is COCCNc1nc2nnnn2c2sc3c(c12)CCN(Cc1ccccc1)C3. The van der Waals surface area contributed by atoms with E-state index < -0.39 is 0 Å². The summed E-state index contributed by atoms with van der Waals surface area (Å²) in [5, 5.41) is 16.6. The maximum atomic E-state index is 5.17. The van der Waals surface area contributed by atoms with Crippen molar-refractivity contribution in [2.45, 2.75) is 19.5 Å². The fraction of sp³-hybridized carbons (Fsp3) is 0.368. The number of tetrazole rings is 1. The molecule has 1 aromatic carbocycles. The number of hydrogen-bond donors (Lipinski definition) is 1. The molecule has 28 heavy (non-hydrogen) atoms. The molecule has 0 atom stereocenters. The Morgan fingerprint density at radius 3 is 3.00 bits per heavy atom. The second-order valence-corrected chi connectivity index (χ2v) is 7.98. The van der Waals surface area contributed by atoms with Gasteiger partial charge in [0.25, 0.3) is 5.78 Å². The van der Waals surface area contributed by atoms with Crippen molar-refractivity contribution in [2.75, 3.05) is 32.1 Å². The number of nitrogens with zero attached hydrogens (tertiary/aromatic N) is 6. The number of hydrogen-bond acceptors (Lipinski definition) is 8. The first kappa shape index (κ1) is 17.5. The Kier molecular flexibility index (Phi) is 4.63. The summed E-state index contributed by atoms with van der Waals surface area (Å²) in [5.41, 5.74) is 2.72. The minimum Gasteiger partial charge on any atom is -0.383 e. The molecule has 0 unspecified atom stereocenters. The van der Waals surface area contributed by atoms with Crippen molar-refractivity contribution in [1.82, 2.24) is 29.9 Å². The zero-order valence-corrected chi connectivity index (χ0v) is 16.4. The fourth-order valence-electron chi connectivity index (χ4n) is 3.75. The lowest BCUT2D eigenvalue weighted by Gasteiger charge is -2.27. The van der Waals surface area contributed by atoms with Gasteiger partial charge in [0.1, 0.15) is 10.6 Å². The molecule has 8 nitrogen and oxygen atoms in total. The zero-order valence-electron chi connectivity index (χ0n) is 15.6. The summed E-state index contributed by atoms with van der Waals surface area (Å²) in [7, 11) is 1.70. The second kappa shape index (κ2) is 7.42. The first-order valence-electron chi connectivity index (χ1n) is 9.35. The summed E-state index contributed by atoms with van der Waals surface area (Å²) >= 11 is 1.77. The predicted octanol–water partition coefficient (Wildman–Crippen LogP) is 2.35. The van der Waals surface area contributed by atoms with E-state index in [-0.39, 0.29) is 0 Å². The van der Waals surface area contributed by atoms with Gasteiger partial charge in [0.2, 0.25) is 0 Å². The maximum Gasteiger partial charge on any atom is 0.276 e. The highest BCUT2D eigenvalue weighted by Crippen LogP contribution is 2.38. The van der Waals surface area contributed by atoms with Crippen LogP contribution in [0.4, 0.5) is 5.82 Å². The van der Waals surface area contributed by atoms with Gasteiger partial charge in [0.05, 0.1) is 12.0 Å². The van der Waals surface area contributed by atoms with Gasteiger partial charge in [0, 0.05) is 38.2 Å². The van der Waals surface area contributed by atoms with Gasteiger partial charge in [-0.15, -0.1) is 11.3 Å². The number of nitrogens with one attached hydrogen (secondary N) is 1. The molecule has 0 amide bonds. The number of benzene rings is 1. The van der Waals surface area contributed by atoms with Gasteiger partial charge in [-0.25, -0.2) is 0 Å². The molecule has 9 heteroatoms. The fourth-order valence-corrected chi connectivity index (χ4v) is 5.09. The van der Waals surface area contributed by atoms with Gasteiger partial charge in [-0.2, -0.15) is 9.50 Å². The minimum atomic E-state index is 0.521. The average Bonchev–Trinajstić information content (AvgIpc) is 3.33. The average molecular weight is 395 g/mol. The van der Waals surface area contributed by atoms with Gasteiger partial charge in [0.15, 0.2) is 0 Å². The lowest BCUT2D eigenvalue weighted by atomic mass is 10.0. The van der Waals surface area contributed by atoms with E-state index in [1.165, 1.54) is 16.0 Å². The van der Waals surface area contributed by atoms with Crippen LogP contribution in [0, 0.1) is 0 Å². The van der Waals surface area contributed by atoms with E-state index in [0.717, 1.165) is 42.1 Å². The molecule has 0 radical (unpaired) electrons. The van der Waals surface area contributed by atoms with E-state index in [9.17, 15) is 0 Å². The molecular weight excluding hydrogens is 374 g/mol. The van der Waals surface area contributed by atoms with Gasteiger partial charge in [-0.1, -0.05) is 35.4 Å². The third kappa shape index (κ3) is 3.11. The summed E-state index contributed by atoms with van der Waals surface area (Å²) in [6.45, 7) is 4.24. The molecule has 3 aromatic heterocycles. The van der Waals surface area contributed by atoms with Crippen LogP contribution in [-0.2, 0) is 24.2 Å². The van der Waals surface area contributed by atoms with Gasteiger partial charge in [-0.05, 0) is 28.0 Å². The lowest BCUT2D eigenvalue weighted by Crippen LogP contribution is -2.29. The van der Waals surface area contributed by atoms with Crippen LogP contribution in [-0.4, -0.2) is 56.7 Å². The highest BCUT2D eigenvalue weighted by Gasteiger charge is 2.25. The molecule has 1 aliphatic heterocycles. The topological polar surface area (TPSA) is 80.5 Å². The minimum absolute atomic E-state index is 0.521. The van der Waals surface area contributed by atoms with E-state index in [1.807, 2.05) is 0 Å². The van der Waals surface area contributed by atoms with Crippen molar-refractivity contribution in [2.24, 2.45) is 0 Å². The molecule has 4 heterocycles. The molecule has 0 saturated heterocycles. The van der Waals surface area contributed by atoms with E-state index in [1.54, 1.807) is 23.0 Å². The van der Waals surface area contributed by atoms with Crippen molar-refractivity contribution in [3.8, 4) is 0 Å². The first-order chi connectivity index (χ1) is 13.8. The van der Waals surface area contributed by atoms with Crippen LogP contribution in [0.1, 0.15) is 16.0 Å². The van der Waals surface area contributed by atoms with Crippen LogP contribution >= 0.6 is 11.3 Å². The highest BCUT2D eigenvalue weighted by atomic mass is 32.1. The Balaban J connectivity index is 1.51. The molecule has 0 fully saturated rings. The maximum absolute atomic E-state index is 5.17. The van der Waals surface area contributed by atoms with Crippen LogP contribution in [0.15, 0.2) is 30.3 Å². The van der Waals surface area contributed by atoms with Crippen molar-refractivity contribution in [1.29, 1.82) is 0 Å². The number of fused-ring (bicyclic) bond motifs is 5. The first-order valence-corrected chi connectivity index (χ1v) is 10.2. The van der Waals surface area contributed by atoms with E-state index >= 15 is 0 Å². The second-order valence-electron chi connectivity index (χ2n) is 6.90. The molecular formula is C19H21N7OS. The molecule has 4 aromatic rings. The smallest absolute Gasteiger partial charge is 0.276 e. The molecule has 0 spiro atoms. The molecule has 1 N–H and O–H groups in total. The van der Waals surface area contributed by atoms with Gasteiger partial charge in [-0.3, -0.25) is 4.90 Å². The molecule has 1 aliphatic rings. The summed E-state index contributed by atoms with van der Waals surface area (Å²) < 4.78 is 6.92. The Morgan fingerprint density at radius 2 is 2.14 bits per heavy atom. The molecule has 0 bridgehead atoms. The molecule has 0 saturated carbocycles. The number of aromatic nitrogens is 5. The van der Waals surface area contributed by atoms with Crippen molar-refractivity contribution in [3.63, 3.8) is 0 Å². The number of thiophene rings is 1. The van der Waals surface area contributed by atoms with Crippen LogP contribution < -0.4 is 5.32 Å². The predicted molar refractivity (Wildman–Crippen MR) is 109 cm³/mol. The van der Waals surface area contributed by atoms with Crippen LogP contribution in [0.3, 0.4) is 0 Å². The van der Waals surface area contributed by atoms with Gasteiger partial charge < -0.3 is 10.1 Å². The van der Waals surface area contributed by atoms with Crippen molar-refractivity contribution < 1.29 is 4.74 Å². The lowest BCUT2D eigenvalue weighted by molar-refractivity contribution is 0.210. The monoisotopic (exact) mass is 395 g/mol. The highest BCUT2D eigenvalue weighted by molar-refractivity contribution is 7.19. The van der Waals surface area contributed by atoms with Gasteiger partial charge >= 0.3 is 0 Å². The third-order valence-corrected chi connectivity index (χ3v) is 6.25. The van der Waals surface area contributed by atoms with Crippen LogP contribution in [0.5, 0.6) is 0 Å². The molecule has 0 aliphatic carbocycles. The van der Waals surface area contributed by atoms with E-state index in [0.29, 0.717) is 18.9 Å². The molecule has 5 rings (SSSR count). The molecule has 144 valence electrons. The zero-order chi connectivity index (χ0) is 18.9. The number of rotatable bonds is 6. The van der Waals surface area contributed by atoms with Crippen molar-refractivity contribution >= 4 is 33.1 Å². The third-order valence-electron chi connectivity index (χ3n) is 5.06. The Labute approximate surface area is 166 Å². The Bertz CT molecular complexity index is 1110. The van der Waals surface area contributed by atoms with Crippen LogP contribution in [0.25, 0.3) is 16.0 Å². The summed E-state index contributed by atoms with van der Waals surface area (Å²) in [6.07, 6.45) is 0.996. The Hall–Kier alpha value is -2.62. The standard InChI is InChI=1S/C19H21N7OS/c1-27-10-8-20-17-16-14-7-9-25(11-13-5-3-2-4-6-13)12-15(14)28-18(16)26-19(21-17)22-23-24-26/h2-6H,7-12H2,1H3,(H,20,21,22,24). The number of ether oxygens (including phenoxy) is 1. The van der Waals surface area contributed by atoms with Crippen LogP contribution in [0.2, 0.25) is 0 Å². The summed E-state index contributed by atoms with van der Waals surface area (Å²) in [5.74, 6) is 1.37. The summed E-state index contributed by atoms with van der Waals surface area (Å²) in [4.78, 5) is 9.58. The number of anilines is 1. The quantitative estimate of drug-likeness (QED) is 0.502. The van der Waals surface area contributed by atoms with Crippen molar-refractivity contribution in [3.05, 3.63) is 46.3 Å². The normalized spacial score (nSPS) is 14.6. The van der Waals surface area contributed by atoms with E-state index in [2.05, 4.69) is 61.1 Å². The number of methoxy groups -OCH3 is 1. The summed E-state index contributed by atoms with van der Waals surface area (Å²) in [6, 6.07) is 10.6. The Morgan fingerprint density at radius 1 is 1.25 bits per heavy atom. The van der Waals surface area contributed by atoms with E-state index in [4.69, 9.17) is 4.74 Å².